The highest BCUT2D eigenvalue weighted by Crippen LogP contribution is 2.27. The van der Waals surface area contributed by atoms with Crippen molar-refractivity contribution in [3.8, 4) is 10.6 Å². The van der Waals surface area contributed by atoms with E-state index in [1.165, 1.54) is 23.3 Å². The zero-order valence-electron chi connectivity index (χ0n) is 11.5. The molecule has 1 fully saturated rings. The van der Waals surface area contributed by atoms with Gasteiger partial charge in [0.2, 0.25) is 0 Å². The van der Waals surface area contributed by atoms with Crippen molar-refractivity contribution < 1.29 is 5.11 Å². The summed E-state index contributed by atoms with van der Waals surface area (Å²) in [7, 11) is 0. The number of aliphatic hydroxyl groups is 1. The van der Waals surface area contributed by atoms with Gasteiger partial charge in [-0.25, -0.2) is 0 Å². The Balaban J connectivity index is 1.65. The fraction of sp³-hybridized carbons (Fsp3) is 0.533. The molecule has 0 amide bonds. The Morgan fingerprint density at radius 2 is 2.30 bits per heavy atom. The number of nitrogens with one attached hydrogen (secondary N) is 2. The van der Waals surface area contributed by atoms with Crippen LogP contribution in [0.5, 0.6) is 0 Å². The topological polar surface area (TPSA) is 60.9 Å². The molecule has 4 nitrogen and oxygen atoms in total. The summed E-state index contributed by atoms with van der Waals surface area (Å²) in [6.45, 7) is 1.10. The summed E-state index contributed by atoms with van der Waals surface area (Å²) in [5.74, 6) is 0.404. The summed E-state index contributed by atoms with van der Waals surface area (Å²) in [5.41, 5.74) is 2.32. The van der Waals surface area contributed by atoms with Gasteiger partial charge in [0.25, 0.3) is 0 Å². The predicted molar refractivity (Wildman–Crippen MR) is 81.6 cm³/mol. The van der Waals surface area contributed by atoms with E-state index in [1.807, 2.05) is 6.20 Å². The van der Waals surface area contributed by atoms with Gasteiger partial charge in [0.05, 0.1) is 16.8 Å². The van der Waals surface area contributed by atoms with Gasteiger partial charge < -0.3 is 10.4 Å². The number of hydrogen-bond donors (Lipinski definition) is 3. The lowest BCUT2D eigenvalue weighted by molar-refractivity contribution is 0.152. The Morgan fingerprint density at radius 1 is 1.40 bits per heavy atom. The van der Waals surface area contributed by atoms with E-state index in [2.05, 4.69) is 33.0 Å². The highest BCUT2D eigenvalue weighted by Gasteiger charge is 2.24. The molecule has 0 aliphatic heterocycles. The molecule has 3 N–H and O–H groups in total. The maximum Gasteiger partial charge on any atom is 0.0794 e. The zero-order valence-corrected chi connectivity index (χ0v) is 12.3. The van der Waals surface area contributed by atoms with Gasteiger partial charge >= 0.3 is 0 Å². The summed E-state index contributed by atoms with van der Waals surface area (Å²) in [4.78, 5) is 1.22. The molecule has 0 spiro atoms. The van der Waals surface area contributed by atoms with Crippen LogP contribution in [0.2, 0.25) is 0 Å². The standard InChI is InChI=1S/C15H21N3OS/c19-10-11-4-1-2-5-13(11)16-8-12-9-17-18-15(12)14-6-3-7-20-14/h3,6-7,9,11,13,16,19H,1-2,4-5,8,10H2,(H,17,18). The molecule has 20 heavy (non-hydrogen) atoms. The Hall–Kier alpha value is -1.17. The first-order valence-electron chi connectivity index (χ1n) is 7.29. The second-order valence-corrected chi connectivity index (χ2v) is 6.41. The Kier molecular flexibility index (Phi) is 4.50. The van der Waals surface area contributed by atoms with E-state index in [0.29, 0.717) is 18.6 Å². The Labute approximate surface area is 123 Å². The molecule has 2 aromatic rings. The first-order valence-corrected chi connectivity index (χ1v) is 8.17. The van der Waals surface area contributed by atoms with E-state index in [9.17, 15) is 5.11 Å². The molecule has 108 valence electrons. The second-order valence-electron chi connectivity index (χ2n) is 5.46. The largest absolute Gasteiger partial charge is 0.396 e. The summed E-state index contributed by atoms with van der Waals surface area (Å²) in [6.07, 6.45) is 6.71. The smallest absolute Gasteiger partial charge is 0.0794 e. The summed E-state index contributed by atoms with van der Waals surface area (Å²) < 4.78 is 0. The number of nitrogens with zero attached hydrogens (tertiary/aromatic N) is 1. The number of hydrogen-bond acceptors (Lipinski definition) is 4. The van der Waals surface area contributed by atoms with Gasteiger partial charge in [-0.2, -0.15) is 5.10 Å². The lowest BCUT2D eigenvalue weighted by atomic mass is 9.85. The molecule has 3 rings (SSSR count). The quantitative estimate of drug-likeness (QED) is 0.794. The molecule has 1 saturated carbocycles. The number of aromatic amines is 1. The molecule has 0 radical (unpaired) electrons. The fourth-order valence-corrected chi connectivity index (χ4v) is 3.77. The molecule has 0 bridgehead atoms. The van der Waals surface area contributed by atoms with Gasteiger partial charge in [-0.05, 0) is 30.2 Å². The number of thiophene rings is 1. The van der Waals surface area contributed by atoms with Crippen LogP contribution in [0.25, 0.3) is 10.6 Å². The van der Waals surface area contributed by atoms with Crippen molar-refractivity contribution in [2.24, 2.45) is 5.92 Å². The maximum atomic E-state index is 9.47. The van der Waals surface area contributed by atoms with Crippen molar-refractivity contribution in [1.82, 2.24) is 15.5 Å². The van der Waals surface area contributed by atoms with Crippen LogP contribution in [0.3, 0.4) is 0 Å². The minimum Gasteiger partial charge on any atom is -0.396 e. The lowest BCUT2D eigenvalue weighted by Crippen LogP contribution is -2.39. The van der Waals surface area contributed by atoms with Crippen molar-refractivity contribution >= 4 is 11.3 Å². The fourth-order valence-electron chi connectivity index (χ4n) is 3.02. The third-order valence-electron chi connectivity index (χ3n) is 4.18. The van der Waals surface area contributed by atoms with Gasteiger partial charge in [-0.15, -0.1) is 11.3 Å². The molecule has 0 aromatic carbocycles. The molecule has 2 heterocycles. The SMILES string of the molecule is OCC1CCCCC1NCc1cn[nH]c1-c1cccs1. The van der Waals surface area contributed by atoms with Crippen LogP contribution >= 0.6 is 11.3 Å². The highest BCUT2D eigenvalue weighted by molar-refractivity contribution is 7.13. The summed E-state index contributed by atoms with van der Waals surface area (Å²) in [6, 6.07) is 4.60. The molecule has 2 atom stereocenters. The maximum absolute atomic E-state index is 9.47. The Morgan fingerprint density at radius 3 is 3.10 bits per heavy atom. The van der Waals surface area contributed by atoms with Crippen LogP contribution < -0.4 is 5.32 Å². The van der Waals surface area contributed by atoms with Crippen molar-refractivity contribution in [3.05, 3.63) is 29.3 Å². The molecular formula is C15H21N3OS. The average molecular weight is 291 g/mol. The number of H-pyrrole nitrogens is 1. The van der Waals surface area contributed by atoms with Gasteiger partial charge in [0.1, 0.15) is 0 Å². The normalized spacial score (nSPS) is 23.1. The van der Waals surface area contributed by atoms with Crippen LogP contribution in [-0.4, -0.2) is 28.0 Å². The van der Waals surface area contributed by atoms with Gasteiger partial charge in [0, 0.05) is 24.8 Å². The highest BCUT2D eigenvalue weighted by atomic mass is 32.1. The van der Waals surface area contributed by atoms with Crippen LogP contribution in [0.15, 0.2) is 23.7 Å². The van der Waals surface area contributed by atoms with Gasteiger partial charge in [0.15, 0.2) is 0 Å². The first-order chi connectivity index (χ1) is 9.88. The van der Waals surface area contributed by atoms with Crippen molar-refractivity contribution in [1.29, 1.82) is 0 Å². The van der Waals surface area contributed by atoms with Crippen LogP contribution in [0.4, 0.5) is 0 Å². The monoisotopic (exact) mass is 291 g/mol. The number of aromatic nitrogens is 2. The average Bonchev–Trinajstić information content (AvgIpc) is 3.15. The Bertz CT molecular complexity index is 523. The second kappa shape index (κ2) is 6.52. The third-order valence-corrected chi connectivity index (χ3v) is 5.07. The van der Waals surface area contributed by atoms with Crippen LogP contribution in [0, 0.1) is 5.92 Å². The molecule has 1 aliphatic carbocycles. The van der Waals surface area contributed by atoms with E-state index in [4.69, 9.17) is 0 Å². The molecular weight excluding hydrogens is 270 g/mol. The minimum atomic E-state index is 0.292. The zero-order chi connectivity index (χ0) is 13.8. The van der Waals surface area contributed by atoms with E-state index < -0.39 is 0 Å². The van der Waals surface area contributed by atoms with E-state index in [-0.39, 0.29) is 0 Å². The predicted octanol–water partition coefficient (Wildman–Crippen LogP) is 2.78. The van der Waals surface area contributed by atoms with Gasteiger partial charge in [-0.1, -0.05) is 18.9 Å². The van der Waals surface area contributed by atoms with E-state index in [0.717, 1.165) is 25.1 Å². The van der Waals surface area contributed by atoms with Crippen LogP contribution in [0.1, 0.15) is 31.2 Å². The van der Waals surface area contributed by atoms with E-state index in [1.54, 1.807) is 11.3 Å². The van der Waals surface area contributed by atoms with Crippen molar-refractivity contribution in [2.75, 3.05) is 6.61 Å². The summed E-state index contributed by atoms with van der Waals surface area (Å²) >= 11 is 1.72. The first kappa shape index (κ1) is 13.8. The molecule has 2 unspecified atom stereocenters. The van der Waals surface area contributed by atoms with Crippen LogP contribution in [-0.2, 0) is 6.54 Å². The third kappa shape index (κ3) is 2.95. The van der Waals surface area contributed by atoms with E-state index >= 15 is 0 Å². The van der Waals surface area contributed by atoms with Crippen molar-refractivity contribution in [2.45, 2.75) is 38.3 Å². The number of rotatable bonds is 5. The van der Waals surface area contributed by atoms with Gasteiger partial charge in [-0.3, -0.25) is 5.10 Å². The summed E-state index contributed by atoms with van der Waals surface area (Å²) in [5, 5.41) is 22.4. The van der Waals surface area contributed by atoms with Crippen molar-refractivity contribution in [3.63, 3.8) is 0 Å². The lowest BCUT2D eigenvalue weighted by Gasteiger charge is -2.31. The minimum absolute atomic E-state index is 0.292. The molecule has 1 aliphatic rings. The molecule has 5 heteroatoms. The number of aliphatic hydroxyl groups excluding tert-OH is 1. The molecule has 2 aromatic heterocycles. The molecule has 0 saturated heterocycles.